The molecular weight excluding hydrogens is 308 g/mol. The molecule has 0 amide bonds. The van der Waals surface area contributed by atoms with Crippen LogP contribution in [0.2, 0.25) is 0 Å². The van der Waals surface area contributed by atoms with E-state index in [-0.39, 0.29) is 11.8 Å². The van der Waals surface area contributed by atoms with Gasteiger partial charge < -0.3 is 5.32 Å². The maximum absolute atomic E-state index is 12.7. The Balaban J connectivity index is 1.85. The van der Waals surface area contributed by atoms with Crippen LogP contribution in [0.3, 0.4) is 0 Å². The van der Waals surface area contributed by atoms with Crippen molar-refractivity contribution in [3.8, 4) is 0 Å². The molecule has 1 aliphatic heterocycles. The number of carbonyl (C=O) groups is 1. The van der Waals surface area contributed by atoms with E-state index in [4.69, 9.17) is 0 Å². The number of rotatable bonds is 2. The fourth-order valence-electron chi connectivity index (χ4n) is 3.44. The summed E-state index contributed by atoms with van der Waals surface area (Å²) in [5, 5.41) is 7.66. The van der Waals surface area contributed by atoms with Crippen LogP contribution < -0.4 is 5.32 Å². The number of carbonyl (C=O) groups excluding carboxylic acids is 1. The van der Waals surface area contributed by atoms with E-state index < -0.39 is 0 Å². The lowest BCUT2D eigenvalue weighted by atomic mass is 9.81. The van der Waals surface area contributed by atoms with Crippen LogP contribution in [0.5, 0.6) is 0 Å². The SMILES string of the molecule is CSc1ccc([C@H]2C3=C(C[C@H](C)CC3=O)Nc3ncnn32)cc1. The summed E-state index contributed by atoms with van der Waals surface area (Å²) in [5.41, 5.74) is 2.93. The zero-order valence-corrected chi connectivity index (χ0v) is 13.9. The van der Waals surface area contributed by atoms with E-state index in [1.807, 2.05) is 4.68 Å². The number of benzene rings is 1. The molecule has 2 heterocycles. The highest BCUT2D eigenvalue weighted by Gasteiger charge is 2.37. The molecule has 6 heteroatoms. The zero-order valence-electron chi connectivity index (χ0n) is 13.1. The zero-order chi connectivity index (χ0) is 16.0. The summed E-state index contributed by atoms with van der Waals surface area (Å²) in [6.07, 6.45) is 5.08. The number of fused-ring (bicyclic) bond motifs is 1. The van der Waals surface area contributed by atoms with E-state index in [0.29, 0.717) is 18.3 Å². The van der Waals surface area contributed by atoms with Crippen LogP contribution in [0.25, 0.3) is 0 Å². The van der Waals surface area contributed by atoms with Crippen LogP contribution in [0.1, 0.15) is 31.4 Å². The summed E-state index contributed by atoms with van der Waals surface area (Å²) in [5.74, 6) is 1.29. The molecule has 2 aliphatic rings. The van der Waals surface area contributed by atoms with Gasteiger partial charge in [-0.1, -0.05) is 19.1 Å². The fraction of sp³-hybridized carbons (Fsp3) is 0.353. The third-order valence-corrected chi connectivity index (χ3v) is 5.24. The lowest BCUT2D eigenvalue weighted by Gasteiger charge is -2.34. The Morgan fingerprint density at radius 1 is 1.26 bits per heavy atom. The Bertz CT molecular complexity index is 793. The van der Waals surface area contributed by atoms with Crippen molar-refractivity contribution < 1.29 is 4.79 Å². The summed E-state index contributed by atoms with van der Waals surface area (Å²) >= 11 is 1.71. The molecule has 0 fully saturated rings. The van der Waals surface area contributed by atoms with Crippen molar-refractivity contribution in [2.75, 3.05) is 11.6 Å². The maximum Gasteiger partial charge on any atom is 0.226 e. The largest absolute Gasteiger partial charge is 0.328 e. The standard InChI is InChI=1S/C17H18N4OS/c1-10-7-13-15(14(22)8-10)16(21-17(20-13)18-9-19-21)11-3-5-12(23-2)6-4-11/h3-6,9-10,16H,7-8H2,1-2H3,(H,18,19,20)/t10-,16-/m0/s1. The predicted octanol–water partition coefficient (Wildman–Crippen LogP) is 3.27. The number of hydrogen-bond donors (Lipinski definition) is 1. The molecule has 2 aromatic rings. The van der Waals surface area contributed by atoms with Gasteiger partial charge in [-0.2, -0.15) is 10.1 Å². The molecule has 5 nitrogen and oxygen atoms in total. The van der Waals surface area contributed by atoms with Crippen LogP contribution in [0.15, 0.2) is 46.8 Å². The van der Waals surface area contributed by atoms with Gasteiger partial charge in [-0.05, 0) is 36.3 Å². The second-order valence-electron chi connectivity index (χ2n) is 6.16. The van der Waals surface area contributed by atoms with Crippen molar-refractivity contribution in [1.29, 1.82) is 0 Å². The van der Waals surface area contributed by atoms with Gasteiger partial charge in [0, 0.05) is 22.6 Å². The predicted molar refractivity (Wildman–Crippen MR) is 90.4 cm³/mol. The van der Waals surface area contributed by atoms with Crippen LogP contribution in [0, 0.1) is 5.92 Å². The molecule has 0 bridgehead atoms. The van der Waals surface area contributed by atoms with Gasteiger partial charge in [0.2, 0.25) is 5.95 Å². The number of hydrogen-bond acceptors (Lipinski definition) is 5. The highest BCUT2D eigenvalue weighted by Crippen LogP contribution is 2.41. The van der Waals surface area contributed by atoms with Crippen molar-refractivity contribution in [3.05, 3.63) is 47.4 Å². The van der Waals surface area contributed by atoms with Crippen LogP contribution in [-0.2, 0) is 4.79 Å². The van der Waals surface area contributed by atoms with E-state index in [0.717, 1.165) is 23.3 Å². The first kappa shape index (κ1) is 14.5. The van der Waals surface area contributed by atoms with Gasteiger partial charge in [0.15, 0.2) is 5.78 Å². The molecule has 0 unspecified atom stereocenters. The Morgan fingerprint density at radius 3 is 2.78 bits per heavy atom. The van der Waals surface area contributed by atoms with Gasteiger partial charge >= 0.3 is 0 Å². The number of nitrogens with one attached hydrogen (secondary N) is 1. The van der Waals surface area contributed by atoms with Crippen molar-refractivity contribution in [1.82, 2.24) is 14.8 Å². The van der Waals surface area contributed by atoms with Gasteiger partial charge in [-0.15, -0.1) is 11.8 Å². The Hall–Kier alpha value is -2.08. The van der Waals surface area contributed by atoms with Gasteiger partial charge in [0.05, 0.1) is 0 Å². The summed E-state index contributed by atoms with van der Waals surface area (Å²) in [6.45, 7) is 2.12. The number of allylic oxidation sites excluding steroid dienone is 2. The number of nitrogens with zero attached hydrogens (tertiary/aromatic N) is 3. The molecule has 118 valence electrons. The number of Topliss-reactive ketones (excluding diaryl/α,β-unsaturated/α-hetero) is 1. The lowest BCUT2D eigenvalue weighted by molar-refractivity contribution is -0.117. The summed E-state index contributed by atoms with van der Waals surface area (Å²) in [7, 11) is 0. The van der Waals surface area contributed by atoms with E-state index in [2.05, 4.69) is 52.8 Å². The lowest BCUT2D eigenvalue weighted by Crippen LogP contribution is -2.33. The second-order valence-corrected chi connectivity index (χ2v) is 7.04. The third-order valence-electron chi connectivity index (χ3n) is 4.50. The van der Waals surface area contributed by atoms with Crippen molar-refractivity contribution in [3.63, 3.8) is 0 Å². The van der Waals surface area contributed by atoms with Gasteiger partial charge in [0.25, 0.3) is 0 Å². The van der Waals surface area contributed by atoms with Gasteiger partial charge in [-0.3, -0.25) is 4.79 Å². The van der Waals surface area contributed by atoms with Gasteiger partial charge in [0.1, 0.15) is 12.4 Å². The van der Waals surface area contributed by atoms with Crippen molar-refractivity contribution >= 4 is 23.5 Å². The number of anilines is 1. The average Bonchev–Trinajstić information content (AvgIpc) is 3.00. The molecule has 1 aliphatic carbocycles. The topological polar surface area (TPSA) is 59.8 Å². The third kappa shape index (κ3) is 2.37. The summed E-state index contributed by atoms with van der Waals surface area (Å²) < 4.78 is 1.82. The average molecular weight is 326 g/mol. The highest BCUT2D eigenvalue weighted by molar-refractivity contribution is 7.98. The van der Waals surface area contributed by atoms with Crippen molar-refractivity contribution in [2.45, 2.75) is 30.7 Å². The molecule has 4 rings (SSSR count). The highest BCUT2D eigenvalue weighted by atomic mass is 32.2. The maximum atomic E-state index is 12.7. The first-order valence-corrected chi connectivity index (χ1v) is 8.96. The molecule has 0 saturated heterocycles. The molecule has 0 radical (unpaired) electrons. The summed E-state index contributed by atoms with van der Waals surface area (Å²) in [4.78, 5) is 18.2. The number of ketones is 1. The van der Waals surface area contributed by atoms with Crippen LogP contribution in [0.4, 0.5) is 5.95 Å². The molecule has 23 heavy (non-hydrogen) atoms. The van der Waals surface area contributed by atoms with E-state index >= 15 is 0 Å². The molecule has 1 aromatic heterocycles. The minimum absolute atomic E-state index is 0.181. The molecular formula is C17H18N4OS. The molecule has 0 spiro atoms. The fourth-order valence-corrected chi connectivity index (χ4v) is 3.85. The van der Waals surface area contributed by atoms with Crippen molar-refractivity contribution in [2.24, 2.45) is 5.92 Å². The molecule has 0 saturated carbocycles. The first-order valence-electron chi connectivity index (χ1n) is 7.74. The number of aromatic nitrogens is 3. The normalized spacial score (nSPS) is 23.3. The van der Waals surface area contributed by atoms with Crippen LogP contribution in [-0.4, -0.2) is 26.8 Å². The van der Waals surface area contributed by atoms with E-state index in [9.17, 15) is 4.79 Å². The van der Waals surface area contributed by atoms with Crippen LogP contribution >= 0.6 is 11.8 Å². The minimum atomic E-state index is -0.181. The Morgan fingerprint density at radius 2 is 2.04 bits per heavy atom. The van der Waals surface area contributed by atoms with E-state index in [1.165, 1.54) is 11.2 Å². The quantitative estimate of drug-likeness (QED) is 0.858. The van der Waals surface area contributed by atoms with Gasteiger partial charge in [-0.25, -0.2) is 4.68 Å². The van der Waals surface area contributed by atoms with E-state index in [1.54, 1.807) is 11.8 Å². The molecule has 2 atom stereocenters. The monoisotopic (exact) mass is 326 g/mol. The summed E-state index contributed by atoms with van der Waals surface area (Å²) in [6, 6.07) is 8.18. The molecule has 1 aromatic carbocycles. The molecule has 1 N–H and O–H groups in total. The smallest absolute Gasteiger partial charge is 0.226 e. The Labute approximate surface area is 139 Å². The second kappa shape index (κ2) is 5.53. The first-order chi connectivity index (χ1) is 11.2. The minimum Gasteiger partial charge on any atom is -0.328 e. The number of thioether (sulfide) groups is 1. The Kier molecular flexibility index (Phi) is 3.49.